The number of benzene rings is 3. The van der Waals surface area contributed by atoms with E-state index in [1.807, 2.05) is 12.1 Å². The standard InChI is InChI=1S/C20H12Br2ClNO3/c21-13-6-4-5-12(11-13)19(25)24-18-15(9-10-16(23)17(18)22)20(26)27-14-7-2-1-3-8-14/h1-11H,(H,24,25). The lowest BCUT2D eigenvalue weighted by Gasteiger charge is -2.14. The average Bonchev–Trinajstić information content (AvgIpc) is 2.66. The summed E-state index contributed by atoms with van der Waals surface area (Å²) in [4.78, 5) is 25.2. The van der Waals surface area contributed by atoms with Crippen molar-refractivity contribution in [1.29, 1.82) is 0 Å². The molecule has 1 N–H and O–H groups in total. The lowest BCUT2D eigenvalue weighted by molar-refractivity contribution is 0.0736. The normalized spacial score (nSPS) is 10.3. The number of hydrogen-bond acceptors (Lipinski definition) is 3. The van der Waals surface area contributed by atoms with Crippen LogP contribution < -0.4 is 10.1 Å². The molecule has 0 aliphatic carbocycles. The third-order valence-electron chi connectivity index (χ3n) is 3.59. The second kappa shape index (κ2) is 8.69. The highest BCUT2D eigenvalue weighted by Gasteiger charge is 2.20. The van der Waals surface area contributed by atoms with E-state index in [-0.39, 0.29) is 17.2 Å². The second-order valence-electron chi connectivity index (χ2n) is 5.45. The fraction of sp³-hybridized carbons (Fsp3) is 0. The number of halogens is 3. The quantitative estimate of drug-likeness (QED) is 0.330. The van der Waals surface area contributed by atoms with Crippen molar-refractivity contribution in [2.75, 3.05) is 5.32 Å². The zero-order valence-corrected chi connectivity index (χ0v) is 17.6. The molecular weight excluding hydrogens is 497 g/mol. The maximum Gasteiger partial charge on any atom is 0.345 e. The van der Waals surface area contributed by atoms with Gasteiger partial charge >= 0.3 is 5.97 Å². The lowest BCUT2D eigenvalue weighted by atomic mass is 10.1. The molecule has 0 aromatic heterocycles. The molecule has 1 amide bonds. The van der Waals surface area contributed by atoms with Crippen LogP contribution in [0, 0.1) is 0 Å². The van der Waals surface area contributed by atoms with Gasteiger partial charge in [-0.1, -0.05) is 51.8 Å². The molecule has 3 rings (SSSR count). The predicted molar refractivity (Wildman–Crippen MR) is 113 cm³/mol. The minimum absolute atomic E-state index is 0.179. The minimum atomic E-state index is -0.608. The SMILES string of the molecule is O=C(Nc1c(C(=O)Oc2ccccc2)ccc(Cl)c1Br)c1cccc(Br)c1. The molecule has 0 saturated heterocycles. The monoisotopic (exact) mass is 507 g/mol. The third kappa shape index (κ3) is 4.77. The van der Waals surface area contributed by atoms with Crippen LogP contribution in [-0.4, -0.2) is 11.9 Å². The van der Waals surface area contributed by atoms with E-state index in [0.29, 0.717) is 20.8 Å². The van der Waals surface area contributed by atoms with E-state index in [2.05, 4.69) is 37.2 Å². The summed E-state index contributed by atoms with van der Waals surface area (Å²) in [6.45, 7) is 0. The lowest BCUT2D eigenvalue weighted by Crippen LogP contribution is -2.17. The van der Waals surface area contributed by atoms with Gasteiger partial charge in [0.1, 0.15) is 5.75 Å². The van der Waals surface area contributed by atoms with Gasteiger partial charge in [0.25, 0.3) is 5.91 Å². The molecule has 0 atom stereocenters. The topological polar surface area (TPSA) is 55.4 Å². The summed E-state index contributed by atoms with van der Waals surface area (Å²) in [5.74, 6) is -0.589. The molecule has 4 nitrogen and oxygen atoms in total. The van der Waals surface area contributed by atoms with Crippen LogP contribution >= 0.6 is 43.5 Å². The van der Waals surface area contributed by atoms with Crippen molar-refractivity contribution in [2.45, 2.75) is 0 Å². The van der Waals surface area contributed by atoms with E-state index in [1.54, 1.807) is 48.5 Å². The number of rotatable bonds is 4. The van der Waals surface area contributed by atoms with Gasteiger partial charge in [0, 0.05) is 10.0 Å². The van der Waals surface area contributed by atoms with E-state index in [4.69, 9.17) is 16.3 Å². The Labute approximate surface area is 177 Å². The van der Waals surface area contributed by atoms with Crippen molar-refractivity contribution in [1.82, 2.24) is 0 Å². The van der Waals surface area contributed by atoms with Gasteiger partial charge in [-0.15, -0.1) is 0 Å². The number of carbonyl (C=O) groups excluding carboxylic acids is 2. The fourth-order valence-electron chi connectivity index (χ4n) is 2.31. The Morgan fingerprint density at radius 1 is 0.926 bits per heavy atom. The van der Waals surface area contributed by atoms with Crippen LogP contribution in [0.5, 0.6) is 5.75 Å². The Morgan fingerprint density at radius 3 is 2.37 bits per heavy atom. The minimum Gasteiger partial charge on any atom is -0.423 e. The van der Waals surface area contributed by atoms with Gasteiger partial charge in [-0.05, 0) is 58.4 Å². The van der Waals surface area contributed by atoms with Crippen LogP contribution in [0.2, 0.25) is 5.02 Å². The van der Waals surface area contributed by atoms with Crippen molar-refractivity contribution in [2.24, 2.45) is 0 Å². The number of anilines is 1. The Bertz CT molecular complexity index is 1010. The van der Waals surface area contributed by atoms with Gasteiger partial charge in [-0.2, -0.15) is 0 Å². The van der Waals surface area contributed by atoms with Gasteiger partial charge in [-0.3, -0.25) is 4.79 Å². The number of amides is 1. The van der Waals surface area contributed by atoms with E-state index >= 15 is 0 Å². The largest absolute Gasteiger partial charge is 0.423 e. The molecule has 0 spiro atoms. The van der Waals surface area contributed by atoms with Crippen LogP contribution in [0.3, 0.4) is 0 Å². The van der Waals surface area contributed by atoms with Crippen LogP contribution in [0.15, 0.2) is 75.7 Å². The summed E-state index contributed by atoms with van der Waals surface area (Å²) in [5, 5.41) is 3.10. The van der Waals surface area contributed by atoms with Crippen molar-refractivity contribution in [3.05, 3.63) is 91.8 Å². The zero-order chi connectivity index (χ0) is 19.4. The average molecular weight is 510 g/mol. The smallest absolute Gasteiger partial charge is 0.345 e. The fourth-order valence-corrected chi connectivity index (χ4v) is 3.31. The molecular formula is C20H12Br2ClNO3. The van der Waals surface area contributed by atoms with Crippen LogP contribution in [0.25, 0.3) is 0 Å². The second-order valence-corrected chi connectivity index (χ2v) is 7.57. The molecule has 0 radical (unpaired) electrons. The van der Waals surface area contributed by atoms with Crippen LogP contribution in [0.4, 0.5) is 5.69 Å². The van der Waals surface area contributed by atoms with Gasteiger partial charge in [0.15, 0.2) is 0 Å². The summed E-state index contributed by atoms with van der Waals surface area (Å²) >= 11 is 12.8. The molecule has 3 aromatic rings. The number of hydrogen-bond donors (Lipinski definition) is 1. The Kier molecular flexibility index (Phi) is 6.31. The maximum atomic E-state index is 12.6. The molecule has 3 aromatic carbocycles. The van der Waals surface area contributed by atoms with Crippen LogP contribution in [0.1, 0.15) is 20.7 Å². The summed E-state index contributed by atoms with van der Waals surface area (Å²) in [5.41, 5.74) is 0.852. The summed E-state index contributed by atoms with van der Waals surface area (Å²) in [6, 6.07) is 18.6. The molecule has 0 heterocycles. The first-order valence-electron chi connectivity index (χ1n) is 7.78. The maximum absolute atomic E-state index is 12.6. The molecule has 7 heteroatoms. The molecule has 0 aliphatic heterocycles. The molecule has 0 saturated carbocycles. The van der Waals surface area contributed by atoms with Crippen molar-refractivity contribution >= 4 is 61.0 Å². The summed E-state index contributed by atoms with van der Waals surface area (Å²) in [6.07, 6.45) is 0. The number of ether oxygens (including phenoxy) is 1. The van der Waals surface area contributed by atoms with Gasteiger partial charge in [0.2, 0.25) is 0 Å². The first-order valence-corrected chi connectivity index (χ1v) is 9.74. The number of para-hydroxylation sites is 1. The van der Waals surface area contributed by atoms with Gasteiger partial charge in [-0.25, -0.2) is 4.79 Å². The highest BCUT2D eigenvalue weighted by atomic mass is 79.9. The molecule has 0 bridgehead atoms. The molecule has 27 heavy (non-hydrogen) atoms. The third-order valence-corrected chi connectivity index (χ3v) is 5.45. The van der Waals surface area contributed by atoms with E-state index < -0.39 is 5.97 Å². The van der Waals surface area contributed by atoms with Crippen molar-refractivity contribution in [3.8, 4) is 5.75 Å². The molecule has 0 unspecified atom stereocenters. The Balaban J connectivity index is 1.93. The first kappa shape index (κ1) is 19.6. The van der Waals surface area contributed by atoms with E-state index in [1.165, 1.54) is 6.07 Å². The summed E-state index contributed by atoms with van der Waals surface area (Å²) in [7, 11) is 0. The highest BCUT2D eigenvalue weighted by molar-refractivity contribution is 9.11. The Hall–Kier alpha value is -2.15. The molecule has 136 valence electrons. The van der Waals surface area contributed by atoms with E-state index in [0.717, 1.165) is 4.47 Å². The summed E-state index contributed by atoms with van der Waals surface area (Å²) < 4.78 is 6.55. The number of nitrogens with one attached hydrogen (secondary N) is 1. The van der Waals surface area contributed by atoms with Crippen molar-refractivity contribution in [3.63, 3.8) is 0 Å². The van der Waals surface area contributed by atoms with Gasteiger partial charge in [0.05, 0.1) is 20.7 Å². The number of carbonyl (C=O) groups is 2. The zero-order valence-electron chi connectivity index (χ0n) is 13.7. The van der Waals surface area contributed by atoms with Crippen molar-refractivity contribution < 1.29 is 14.3 Å². The van der Waals surface area contributed by atoms with Crippen LogP contribution in [-0.2, 0) is 0 Å². The molecule has 0 aliphatic rings. The Morgan fingerprint density at radius 2 is 1.67 bits per heavy atom. The van der Waals surface area contributed by atoms with E-state index in [9.17, 15) is 9.59 Å². The number of esters is 1. The van der Waals surface area contributed by atoms with Gasteiger partial charge < -0.3 is 10.1 Å². The molecule has 0 fully saturated rings. The highest BCUT2D eigenvalue weighted by Crippen LogP contribution is 2.34. The predicted octanol–water partition coefficient (Wildman–Crippen LogP) is 6.34. The first-order chi connectivity index (χ1) is 13.0.